The summed E-state index contributed by atoms with van der Waals surface area (Å²) < 4.78 is 0. The molecule has 19 heavy (non-hydrogen) atoms. The van der Waals surface area contributed by atoms with Gasteiger partial charge in [0.25, 0.3) is 0 Å². The van der Waals surface area contributed by atoms with Gasteiger partial charge in [-0.2, -0.15) is 0 Å². The van der Waals surface area contributed by atoms with Crippen LogP contribution in [0.15, 0.2) is 30.5 Å². The van der Waals surface area contributed by atoms with Crippen LogP contribution in [0.4, 0.5) is 5.82 Å². The maximum absolute atomic E-state index is 11.1. The van der Waals surface area contributed by atoms with Crippen LogP contribution < -0.4 is 10.2 Å². The summed E-state index contributed by atoms with van der Waals surface area (Å²) in [4.78, 5) is 17.7. The van der Waals surface area contributed by atoms with Crippen molar-refractivity contribution < 1.29 is 9.90 Å². The molecule has 1 aliphatic heterocycles. The standard InChI is InChI=1S/C14H15N3O2/c18-14(19)11-2-1-10-3-4-16-13(12(10)9-11)17-7-5-15-6-8-17/h1-4,9,15H,5-8H2,(H,18,19). The molecule has 0 aliphatic carbocycles. The van der Waals surface area contributed by atoms with Crippen LogP contribution in [-0.2, 0) is 0 Å². The number of anilines is 1. The van der Waals surface area contributed by atoms with E-state index in [0.717, 1.165) is 42.8 Å². The zero-order valence-corrected chi connectivity index (χ0v) is 10.5. The van der Waals surface area contributed by atoms with Crippen LogP contribution in [0, 0.1) is 0 Å². The first-order chi connectivity index (χ1) is 9.25. The monoisotopic (exact) mass is 257 g/mol. The summed E-state index contributed by atoms with van der Waals surface area (Å²) in [6, 6.07) is 7.09. The minimum Gasteiger partial charge on any atom is -0.478 e. The Kier molecular flexibility index (Phi) is 3.05. The minimum atomic E-state index is -0.906. The lowest BCUT2D eigenvalue weighted by Gasteiger charge is -2.29. The van der Waals surface area contributed by atoms with E-state index in [0.29, 0.717) is 5.56 Å². The molecule has 1 aliphatic rings. The number of rotatable bonds is 2. The van der Waals surface area contributed by atoms with Crippen molar-refractivity contribution >= 4 is 22.6 Å². The highest BCUT2D eigenvalue weighted by atomic mass is 16.4. The molecule has 0 spiro atoms. The van der Waals surface area contributed by atoms with Gasteiger partial charge in [-0.25, -0.2) is 9.78 Å². The predicted molar refractivity (Wildman–Crippen MR) is 73.8 cm³/mol. The van der Waals surface area contributed by atoms with E-state index in [4.69, 9.17) is 5.11 Å². The van der Waals surface area contributed by atoms with Crippen molar-refractivity contribution in [3.8, 4) is 0 Å². The van der Waals surface area contributed by atoms with Crippen LogP contribution in [0.3, 0.4) is 0 Å². The molecule has 0 unspecified atom stereocenters. The Hall–Kier alpha value is -2.14. The summed E-state index contributed by atoms with van der Waals surface area (Å²) in [6.45, 7) is 3.64. The summed E-state index contributed by atoms with van der Waals surface area (Å²) in [5.74, 6) is -0.0286. The summed E-state index contributed by atoms with van der Waals surface area (Å²) in [6.07, 6.45) is 1.78. The Labute approximate surface area is 110 Å². The van der Waals surface area contributed by atoms with Crippen molar-refractivity contribution in [3.05, 3.63) is 36.0 Å². The lowest BCUT2D eigenvalue weighted by molar-refractivity contribution is 0.0697. The molecule has 1 fully saturated rings. The average molecular weight is 257 g/mol. The van der Waals surface area contributed by atoms with Gasteiger partial charge in [-0.15, -0.1) is 0 Å². The quantitative estimate of drug-likeness (QED) is 0.850. The number of hydrogen-bond acceptors (Lipinski definition) is 4. The van der Waals surface area contributed by atoms with Gasteiger partial charge in [-0.1, -0.05) is 6.07 Å². The molecule has 0 atom stereocenters. The summed E-state index contributed by atoms with van der Waals surface area (Å²) >= 11 is 0. The number of carboxylic acid groups (broad SMARTS) is 1. The molecule has 0 radical (unpaired) electrons. The van der Waals surface area contributed by atoms with Gasteiger partial charge in [0.2, 0.25) is 0 Å². The van der Waals surface area contributed by atoms with E-state index in [2.05, 4.69) is 15.2 Å². The molecule has 5 heteroatoms. The van der Waals surface area contributed by atoms with Crippen LogP contribution in [0.25, 0.3) is 10.8 Å². The second kappa shape index (κ2) is 4.85. The topological polar surface area (TPSA) is 65.5 Å². The van der Waals surface area contributed by atoms with Gasteiger partial charge in [-0.3, -0.25) is 0 Å². The van der Waals surface area contributed by atoms with Gasteiger partial charge in [0.1, 0.15) is 5.82 Å². The molecule has 1 saturated heterocycles. The number of aromatic nitrogens is 1. The van der Waals surface area contributed by atoms with Crippen molar-refractivity contribution in [2.75, 3.05) is 31.1 Å². The third-order valence-corrected chi connectivity index (χ3v) is 3.41. The van der Waals surface area contributed by atoms with Gasteiger partial charge in [0, 0.05) is 37.8 Å². The molecule has 2 aromatic rings. The molecule has 98 valence electrons. The second-order valence-electron chi connectivity index (χ2n) is 4.61. The highest BCUT2D eigenvalue weighted by Gasteiger charge is 2.15. The molecule has 3 rings (SSSR count). The predicted octanol–water partition coefficient (Wildman–Crippen LogP) is 1.34. The zero-order chi connectivity index (χ0) is 13.2. The van der Waals surface area contributed by atoms with Crippen LogP contribution >= 0.6 is 0 Å². The normalized spacial score (nSPS) is 15.7. The molecule has 1 aromatic heterocycles. The lowest BCUT2D eigenvalue weighted by atomic mass is 10.1. The van der Waals surface area contributed by atoms with Crippen molar-refractivity contribution in [2.24, 2.45) is 0 Å². The Morgan fingerprint density at radius 1 is 1.26 bits per heavy atom. The van der Waals surface area contributed by atoms with E-state index in [1.807, 2.05) is 12.1 Å². The Morgan fingerprint density at radius 2 is 2.05 bits per heavy atom. The number of nitrogens with one attached hydrogen (secondary N) is 1. The number of aromatic carboxylic acids is 1. The van der Waals surface area contributed by atoms with Gasteiger partial charge >= 0.3 is 5.97 Å². The van der Waals surface area contributed by atoms with Gasteiger partial charge in [-0.05, 0) is 23.6 Å². The van der Waals surface area contributed by atoms with Crippen molar-refractivity contribution in [1.29, 1.82) is 0 Å². The first-order valence-electron chi connectivity index (χ1n) is 6.33. The SMILES string of the molecule is O=C(O)c1ccc2ccnc(N3CCNCC3)c2c1. The van der Waals surface area contributed by atoms with Crippen molar-refractivity contribution in [3.63, 3.8) is 0 Å². The number of carboxylic acids is 1. The molecule has 0 bridgehead atoms. The summed E-state index contributed by atoms with van der Waals surface area (Å²) in [7, 11) is 0. The second-order valence-corrected chi connectivity index (χ2v) is 4.61. The van der Waals surface area contributed by atoms with Crippen molar-refractivity contribution in [2.45, 2.75) is 0 Å². The third kappa shape index (κ3) is 2.24. The van der Waals surface area contributed by atoms with E-state index in [1.54, 1.807) is 18.3 Å². The Morgan fingerprint density at radius 3 is 2.79 bits per heavy atom. The number of nitrogens with zero attached hydrogens (tertiary/aromatic N) is 2. The number of fused-ring (bicyclic) bond motifs is 1. The molecule has 5 nitrogen and oxygen atoms in total. The molecule has 1 aromatic carbocycles. The fourth-order valence-corrected chi connectivity index (χ4v) is 2.41. The number of hydrogen-bond donors (Lipinski definition) is 2. The zero-order valence-electron chi connectivity index (χ0n) is 10.5. The van der Waals surface area contributed by atoms with Gasteiger partial charge in [0.05, 0.1) is 5.56 Å². The highest BCUT2D eigenvalue weighted by Crippen LogP contribution is 2.25. The number of pyridine rings is 1. The summed E-state index contributed by atoms with van der Waals surface area (Å²) in [5, 5.41) is 14.3. The van der Waals surface area contributed by atoms with E-state index in [1.165, 1.54) is 0 Å². The third-order valence-electron chi connectivity index (χ3n) is 3.41. The molecule has 2 heterocycles. The average Bonchev–Trinajstić information content (AvgIpc) is 2.47. The van der Waals surface area contributed by atoms with Gasteiger partial charge < -0.3 is 15.3 Å². The molecule has 0 amide bonds. The molecular weight excluding hydrogens is 242 g/mol. The fraction of sp³-hybridized carbons (Fsp3) is 0.286. The van der Waals surface area contributed by atoms with Crippen LogP contribution in [0.2, 0.25) is 0 Å². The van der Waals surface area contributed by atoms with Gasteiger partial charge in [0.15, 0.2) is 0 Å². The largest absolute Gasteiger partial charge is 0.478 e. The lowest BCUT2D eigenvalue weighted by Crippen LogP contribution is -2.43. The number of piperazine rings is 1. The molecular formula is C14H15N3O2. The fourth-order valence-electron chi connectivity index (χ4n) is 2.41. The Bertz CT molecular complexity index is 621. The molecule has 0 saturated carbocycles. The first kappa shape index (κ1) is 11.9. The van der Waals surface area contributed by atoms with E-state index in [-0.39, 0.29) is 0 Å². The maximum atomic E-state index is 11.1. The number of carbonyl (C=O) groups is 1. The smallest absolute Gasteiger partial charge is 0.335 e. The van der Waals surface area contributed by atoms with E-state index < -0.39 is 5.97 Å². The minimum absolute atomic E-state index is 0.303. The van der Waals surface area contributed by atoms with Crippen molar-refractivity contribution in [1.82, 2.24) is 10.3 Å². The van der Waals surface area contributed by atoms with E-state index >= 15 is 0 Å². The maximum Gasteiger partial charge on any atom is 0.335 e. The molecule has 2 N–H and O–H groups in total. The highest BCUT2D eigenvalue weighted by molar-refractivity contribution is 5.98. The van der Waals surface area contributed by atoms with E-state index in [9.17, 15) is 4.79 Å². The summed E-state index contributed by atoms with van der Waals surface area (Å²) in [5.41, 5.74) is 0.303. The van der Waals surface area contributed by atoms with Crippen LogP contribution in [0.1, 0.15) is 10.4 Å². The Balaban J connectivity index is 2.11. The first-order valence-corrected chi connectivity index (χ1v) is 6.33. The van der Waals surface area contributed by atoms with Crippen LogP contribution in [0.5, 0.6) is 0 Å². The van der Waals surface area contributed by atoms with Crippen LogP contribution in [-0.4, -0.2) is 42.2 Å². The number of benzene rings is 1.